The Morgan fingerprint density at radius 1 is 1.16 bits per heavy atom. The molecule has 4 fully saturated rings. The van der Waals surface area contributed by atoms with Gasteiger partial charge in [-0.25, -0.2) is 0 Å². The van der Waals surface area contributed by atoms with Crippen LogP contribution < -0.4 is 21.1 Å². The van der Waals surface area contributed by atoms with Crippen LogP contribution >= 0.6 is 11.6 Å². The van der Waals surface area contributed by atoms with Crippen LogP contribution in [0.3, 0.4) is 0 Å². The van der Waals surface area contributed by atoms with Gasteiger partial charge in [-0.3, -0.25) is 19.2 Å². The van der Waals surface area contributed by atoms with Crippen molar-refractivity contribution in [1.82, 2.24) is 20.5 Å². The van der Waals surface area contributed by atoms with Gasteiger partial charge >= 0.3 is 0 Å². The van der Waals surface area contributed by atoms with E-state index in [1.807, 2.05) is 0 Å². The van der Waals surface area contributed by atoms with Crippen LogP contribution in [0.25, 0.3) is 10.9 Å². The third-order valence-corrected chi connectivity index (χ3v) is 8.72. The van der Waals surface area contributed by atoms with Gasteiger partial charge in [0.25, 0.3) is 5.91 Å². The van der Waals surface area contributed by atoms with Crippen LogP contribution in [-0.4, -0.2) is 58.9 Å². The quantitative estimate of drug-likeness (QED) is 0.379. The molecule has 2 aliphatic heterocycles. The monoisotopic (exact) mass is 541 g/mol. The number of aromatic amines is 1. The summed E-state index contributed by atoms with van der Waals surface area (Å²) < 4.78 is 6.02. The molecule has 3 heterocycles. The van der Waals surface area contributed by atoms with Crippen molar-refractivity contribution in [3.8, 4) is 5.75 Å². The molecule has 0 unspecified atom stereocenters. The number of nitrogens with zero attached hydrogens (tertiary/aromatic N) is 1. The maximum Gasteiger partial charge on any atom is 0.271 e. The van der Waals surface area contributed by atoms with Crippen molar-refractivity contribution in [3.05, 3.63) is 28.9 Å². The van der Waals surface area contributed by atoms with Crippen molar-refractivity contribution in [3.63, 3.8) is 0 Å². The highest BCUT2D eigenvalue weighted by Crippen LogP contribution is 2.42. The topological polar surface area (TPSA) is 147 Å². The van der Waals surface area contributed by atoms with Crippen molar-refractivity contribution < 1.29 is 23.9 Å². The molecule has 0 radical (unpaired) electrons. The van der Waals surface area contributed by atoms with Crippen molar-refractivity contribution in [2.75, 3.05) is 13.1 Å². The lowest BCUT2D eigenvalue weighted by atomic mass is 9.91. The number of fused-ring (bicyclic) bond motifs is 2. The molecule has 2 aliphatic carbocycles. The zero-order chi connectivity index (χ0) is 26.6. The Balaban J connectivity index is 1.24. The minimum absolute atomic E-state index is 0.0638. The van der Waals surface area contributed by atoms with Gasteiger partial charge in [-0.15, -0.1) is 0 Å². The van der Waals surface area contributed by atoms with Gasteiger partial charge in [0.05, 0.1) is 11.6 Å². The van der Waals surface area contributed by atoms with Crippen LogP contribution in [0.4, 0.5) is 0 Å². The van der Waals surface area contributed by atoms with Crippen LogP contribution in [0, 0.1) is 23.7 Å². The Bertz CT molecular complexity index is 1310. The average Bonchev–Trinajstić information content (AvgIpc) is 3.21. The second-order valence-electron chi connectivity index (χ2n) is 11.1. The fraction of sp³-hybridized carbons (Fsp3) is 0.556. The molecule has 38 heavy (non-hydrogen) atoms. The van der Waals surface area contributed by atoms with E-state index in [-0.39, 0.29) is 36.2 Å². The van der Waals surface area contributed by atoms with Gasteiger partial charge in [-0.1, -0.05) is 18.0 Å². The van der Waals surface area contributed by atoms with Gasteiger partial charge in [-0.05, 0) is 62.6 Å². The van der Waals surface area contributed by atoms with Crippen LogP contribution in [0.15, 0.2) is 18.2 Å². The molecule has 0 spiro atoms. The summed E-state index contributed by atoms with van der Waals surface area (Å²) in [4.78, 5) is 56.3. The molecule has 6 rings (SSSR count). The smallest absolute Gasteiger partial charge is 0.271 e. The number of aromatic nitrogens is 1. The lowest BCUT2D eigenvalue weighted by Crippen LogP contribution is -2.53. The van der Waals surface area contributed by atoms with Gasteiger partial charge < -0.3 is 31.0 Å². The lowest BCUT2D eigenvalue weighted by Gasteiger charge is -2.30. The first-order valence-electron chi connectivity index (χ1n) is 13.5. The van der Waals surface area contributed by atoms with E-state index in [1.165, 1.54) is 0 Å². The van der Waals surface area contributed by atoms with Crippen LogP contribution in [0.5, 0.6) is 5.75 Å². The van der Waals surface area contributed by atoms with Crippen molar-refractivity contribution in [1.29, 1.82) is 0 Å². The first-order chi connectivity index (χ1) is 18.3. The highest BCUT2D eigenvalue weighted by Gasteiger charge is 2.48. The molecule has 11 heteroatoms. The number of carbonyl (C=O) groups is 4. The van der Waals surface area contributed by atoms with E-state index in [0.717, 1.165) is 37.5 Å². The van der Waals surface area contributed by atoms with Crippen molar-refractivity contribution >= 4 is 46.1 Å². The Morgan fingerprint density at radius 3 is 2.68 bits per heavy atom. The van der Waals surface area contributed by atoms with Gasteiger partial charge in [0.2, 0.25) is 17.7 Å². The number of halogens is 1. The van der Waals surface area contributed by atoms with Crippen LogP contribution in [0.1, 0.15) is 55.4 Å². The van der Waals surface area contributed by atoms with E-state index in [4.69, 9.17) is 22.1 Å². The minimum Gasteiger partial charge on any atom is -0.490 e. The van der Waals surface area contributed by atoms with Crippen LogP contribution in [0.2, 0.25) is 5.02 Å². The zero-order valence-electron chi connectivity index (χ0n) is 21.0. The predicted molar refractivity (Wildman–Crippen MR) is 139 cm³/mol. The number of primary amides is 1. The fourth-order valence-corrected chi connectivity index (χ4v) is 6.56. The molecule has 2 aromatic rings. The highest BCUT2D eigenvalue weighted by atomic mass is 35.5. The second-order valence-corrected chi connectivity index (χ2v) is 11.5. The summed E-state index contributed by atoms with van der Waals surface area (Å²) in [5.41, 5.74) is 6.69. The molecular weight excluding hydrogens is 510 g/mol. The van der Waals surface area contributed by atoms with E-state index >= 15 is 0 Å². The molecular formula is C27H32ClN5O5. The Hall–Kier alpha value is -3.27. The molecule has 2 saturated carbocycles. The van der Waals surface area contributed by atoms with Crippen molar-refractivity contribution in [2.24, 2.45) is 29.4 Å². The standard InChI is InChI=1S/C27H32ClN5O5/c28-15-9-20-18(22(10-15)38-16-4-5-16)11-21(31-20)27(37)33-12-14-2-1-3-17(14)24(33)32-26(36)19(23(29)34)8-13-6-7-30-25(13)35/h9-11,13-14,16-17,19,24,31H,1-8,12H2,(H2,29,34)(H,30,35)(H,32,36)/t13-,14+,17+,19+,24+/m1/s1. The second kappa shape index (κ2) is 9.80. The summed E-state index contributed by atoms with van der Waals surface area (Å²) in [6.07, 6.45) is 5.13. The third-order valence-electron chi connectivity index (χ3n) is 8.50. The van der Waals surface area contributed by atoms with E-state index in [1.54, 1.807) is 23.1 Å². The molecule has 0 bridgehead atoms. The Kier molecular flexibility index (Phi) is 6.45. The number of carbonyl (C=O) groups excluding carboxylic acids is 4. The number of nitrogens with one attached hydrogen (secondary N) is 3. The number of likely N-dealkylation sites (tertiary alicyclic amines) is 1. The molecule has 5 atom stereocenters. The van der Waals surface area contributed by atoms with Gasteiger partial charge in [0.15, 0.2) is 0 Å². The maximum absolute atomic E-state index is 13.8. The molecule has 2 saturated heterocycles. The van der Waals surface area contributed by atoms with E-state index in [2.05, 4.69) is 15.6 Å². The predicted octanol–water partition coefficient (Wildman–Crippen LogP) is 2.30. The summed E-state index contributed by atoms with van der Waals surface area (Å²) in [5.74, 6) is -2.26. The molecule has 4 amide bonds. The van der Waals surface area contributed by atoms with Gasteiger partial charge in [0, 0.05) is 35.3 Å². The van der Waals surface area contributed by atoms with Gasteiger partial charge in [0.1, 0.15) is 23.5 Å². The number of benzene rings is 1. The largest absolute Gasteiger partial charge is 0.490 e. The number of ether oxygens (including phenoxy) is 1. The highest BCUT2D eigenvalue weighted by molar-refractivity contribution is 6.31. The third kappa shape index (κ3) is 4.70. The maximum atomic E-state index is 13.8. The molecule has 202 valence electrons. The fourth-order valence-electron chi connectivity index (χ4n) is 6.36. The molecule has 1 aromatic carbocycles. The van der Waals surface area contributed by atoms with E-state index < -0.39 is 29.8 Å². The number of hydrogen-bond donors (Lipinski definition) is 4. The summed E-state index contributed by atoms with van der Waals surface area (Å²) in [6.45, 7) is 1.04. The normalized spacial score (nSPS) is 27.3. The summed E-state index contributed by atoms with van der Waals surface area (Å²) in [5, 5.41) is 7.02. The zero-order valence-corrected chi connectivity index (χ0v) is 21.8. The number of H-pyrrole nitrogens is 1. The Morgan fingerprint density at radius 2 is 1.97 bits per heavy atom. The molecule has 5 N–H and O–H groups in total. The first-order valence-corrected chi connectivity index (χ1v) is 13.8. The SMILES string of the molecule is NC(=O)[C@H](C[C@H]1CCNC1=O)C(=O)N[C@@H]1[C@H]2CCC[C@H]2CN1C(=O)c1cc2c(OC3CC3)cc(Cl)cc2[nH]1. The number of hydrogen-bond acceptors (Lipinski definition) is 5. The Labute approximate surface area is 224 Å². The minimum atomic E-state index is -1.14. The molecule has 10 nitrogen and oxygen atoms in total. The lowest BCUT2D eigenvalue weighted by molar-refractivity contribution is -0.135. The van der Waals surface area contributed by atoms with Crippen molar-refractivity contribution in [2.45, 2.75) is 57.2 Å². The van der Waals surface area contributed by atoms with Gasteiger partial charge in [-0.2, -0.15) is 0 Å². The summed E-state index contributed by atoms with van der Waals surface area (Å²) in [7, 11) is 0. The summed E-state index contributed by atoms with van der Waals surface area (Å²) >= 11 is 6.31. The summed E-state index contributed by atoms with van der Waals surface area (Å²) in [6, 6.07) is 5.31. The van der Waals surface area contributed by atoms with E-state index in [0.29, 0.717) is 41.5 Å². The average molecular weight is 542 g/mol. The molecule has 4 aliphatic rings. The number of nitrogens with two attached hydrogens (primary N) is 1. The molecule has 1 aromatic heterocycles. The van der Waals surface area contributed by atoms with E-state index in [9.17, 15) is 19.2 Å². The van der Waals surface area contributed by atoms with Crippen LogP contribution in [-0.2, 0) is 14.4 Å². The number of rotatable bonds is 8. The number of amides is 4. The first kappa shape index (κ1) is 25.0.